The molecule has 1 unspecified atom stereocenters. The van der Waals surface area contributed by atoms with Crippen molar-refractivity contribution in [2.24, 2.45) is 0 Å². The van der Waals surface area contributed by atoms with Crippen LogP contribution < -0.4 is 10.1 Å². The average molecular weight is 244 g/mol. The first-order chi connectivity index (χ1) is 7.54. The summed E-state index contributed by atoms with van der Waals surface area (Å²) in [6.07, 6.45) is 0. The molecule has 0 saturated heterocycles. The predicted molar refractivity (Wildman–Crippen MR) is 62.3 cm³/mol. The number of carbonyl (C=O) groups excluding carboxylic acids is 1. The number of alkyl halides is 1. The zero-order valence-corrected chi connectivity index (χ0v) is 9.91. The first-order valence-corrected chi connectivity index (χ1v) is 5.27. The van der Waals surface area contributed by atoms with Crippen LogP contribution in [0.5, 0.6) is 11.5 Å². The SMILES string of the molecule is COc1ccc(C(=O)NCC(C)Cl)cc1O. The smallest absolute Gasteiger partial charge is 0.251 e. The fourth-order valence-corrected chi connectivity index (χ4v) is 1.24. The van der Waals surface area contributed by atoms with E-state index >= 15 is 0 Å². The minimum atomic E-state index is -0.273. The van der Waals surface area contributed by atoms with Gasteiger partial charge in [-0.3, -0.25) is 4.79 Å². The van der Waals surface area contributed by atoms with Crippen LogP contribution in [0.4, 0.5) is 0 Å². The first-order valence-electron chi connectivity index (χ1n) is 4.84. The Hall–Kier alpha value is -1.42. The van der Waals surface area contributed by atoms with E-state index in [1.54, 1.807) is 13.0 Å². The Morgan fingerprint density at radius 1 is 1.62 bits per heavy atom. The van der Waals surface area contributed by atoms with Gasteiger partial charge in [0.2, 0.25) is 0 Å². The Morgan fingerprint density at radius 3 is 2.81 bits per heavy atom. The Morgan fingerprint density at radius 2 is 2.31 bits per heavy atom. The van der Waals surface area contributed by atoms with Crippen LogP contribution >= 0.6 is 11.6 Å². The van der Waals surface area contributed by atoms with Gasteiger partial charge in [-0.05, 0) is 25.1 Å². The minimum Gasteiger partial charge on any atom is -0.504 e. The molecule has 0 aliphatic carbocycles. The van der Waals surface area contributed by atoms with Gasteiger partial charge >= 0.3 is 0 Å². The van der Waals surface area contributed by atoms with E-state index in [1.807, 2.05) is 0 Å². The third-order valence-corrected chi connectivity index (χ3v) is 2.14. The number of halogens is 1. The van der Waals surface area contributed by atoms with Gasteiger partial charge in [-0.1, -0.05) is 0 Å². The fourth-order valence-electron chi connectivity index (χ4n) is 1.17. The van der Waals surface area contributed by atoms with Gasteiger partial charge in [0.25, 0.3) is 5.91 Å². The van der Waals surface area contributed by atoms with Crippen LogP contribution in [0.15, 0.2) is 18.2 Å². The van der Waals surface area contributed by atoms with Crippen molar-refractivity contribution < 1.29 is 14.6 Å². The minimum absolute atomic E-state index is 0.0610. The maximum atomic E-state index is 11.6. The van der Waals surface area contributed by atoms with Gasteiger partial charge in [-0.25, -0.2) is 0 Å². The lowest BCUT2D eigenvalue weighted by atomic mass is 10.2. The highest BCUT2D eigenvalue weighted by Crippen LogP contribution is 2.25. The van der Waals surface area contributed by atoms with Gasteiger partial charge in [0.1, 0.15) is 0 Å². The fraction of sp³-hybridized carbons (Fsp3) is 0.364. The van der Waals surface area contributed by atoms with Gasteiger partial charge < -0.3 is 15.2 Å². The summed E-state index contributed by atoms with van der Waals surface area (Å²) in [5.41, 5.74) is 0.371. The summed E-state index contributed by atoms with van der Waals surface area (Å²) in [6.45, 7) is 2.17. The monoisotopic (exact) mass is 243 g/mol. The molecule has 0 aliphatic rings. The molecule has 0 heterocycles. The number of carbonyl (C=O) groups is 1. The molecule has 1 aromatic rings. The van der Waals surface area contributed by atoms with E-state index in [0.717, 1.165) is 0 Å². The molecule has 1 aromatic carbocycles. The molecule has 0 bridgehead atoms. The normalized spacial score (nSPS) is 11.9. The summed E-state index contributed by atoms with van der Waals surface area (Å²) in [5, 5.41) is 12.0. The molecule has 5 heteroatoms. The van der Waals surface area contributed by atoms with Gasteiger partial charge in [0, 0.05) is 17.5 Å². The van der Waals surface area contributed by atoms with Gasteiger partial charge in [0.05, 0.1) is 7.11 Å². The summed E-state index contributed by atoms with van der Waals surface area (Å²) in [4.78, 5) is 11.6. The summed E-state index contributed by atoms with van der Waals surface area (Å²) in [7, 11) is 1.45. The Balaban J connectivity index is 2.73. The zero-order chi connectivity index (χ0) is 12.1. The van der Waals surface area contributed by atoms with Crippen molar-refractivity contribution in [2.75, 3.05) is 13.7 Å². The van der Waals surface area contributed by atoms with Crippen LogP contribution in [0.1, 0.15) is 17.3 Å². The number of phenolic OH excluding ortho intramolecular Hbond substituents is 1. The molecular formula is C11H14ClNO3. The van der Waals surface area contributed by atoms with Crippen molar-refractivity contribution in [2.45, 2.75) is 12.3 Å². The summed E-state index contributed by atoms with van der Waals surface area (Å²) < 4.78 is 4.88. The highest BCUT2D eigenvalue weighted by molar-refractivity contribution is 6.20. The van der Waals surface area contributed by atoms with Crippen LogP contribution in [-0.2, 0) is 0 Å². The molecule has 0 fully saturated rings. The van der Waals surface area contributed by atoms with E-state index < -0.39 is 0 Å². The number of aromatic hydroxyl groups is 1. The summed E-state index contributed by atoms with van der Waals surface area (Å²) >= 11 is 5.70. The molecule has 0 radical (unpaired) electrons. The number of benzene rings is 1. The zero-order valence-electron chi connectivity index (χ0n) is 9.16. The van der Waals surface area contributed by atoms with Crippen LogP contribution in [0.3, 0.4) is 0 Å². The number of nitrogens with one attached hydrogen (secondary N) is 1. The lowest BCUT2D eigenvalue weighted by Gasteiger charge is -2.08. The van der Waals surface area contributed by atoms with Gasteiger partial charge in [-0.15, -0.1) is 11.6 Å². The highest BCUT2D eigenvalue weighted by atomic mass is 35.5. The maximum Gasteiger partial charge on any atom is 0.251 e. The van der Waals surface area contributed by atoms with E-state index in [9.17, 15) is 9.90 Å². The average Bonchev–Trinajstić information content (AvgIpc) is 2.25. The Kier molecular flexibility index (Phi) is 4.43. The summed E-state index contributed by atoms with van der Waals surface area (Å²) in [6, 6.07) is 4.47. The molecule has 0 saturated carbocycles. The number of hydrogen-bond acceptors (Lipinski definition) is 3. The van der Waals surface area contributed by atoms with Crippen molar-refractivity contribution in [3.63, 3.8) is 0 Å². The van der Waals surface area contributed by atoms with E-state index in [1.165, 1.54) is 19.2 Å². The number of rotatable bonds is 4. The topological polar surface area (TPSA) is 58.6 Å². The second kappa shape index (κ2) is 5.61. The number of ether oxygens (including phenoxy) is 1. The van der Waals surface area contributed by atoms with Crippen LogP contribution in [0.2, 0.25) is 0 Å². The maximum absolute atomic E-state index is 11.6. The lowest BCUT2D eigenvalue weighted by Crippen LogP contribution is -2.28. The Labute approximate surface area is 99.2 Å². The third-order valence-electron chi connectivity index (χ3n) is 1.98. The molecule has 0 aromatic heterocycles. The largest absolute Gasteiger partial charge is 0.504 e. The van der Waals surface area contributed by atoms with Crippen molar-refractivity contribution in [1.82, 2.24) is 5.32 Å². The molecule has 1 atom stereocenters. The van der Waals surface area contributed by atoms with Crippen molar-refractivity contribution in [3.05, 3.63) is 23.8 Å². The van der Waals surface area contributed by atoms with Crippen molar-refractivity contribution >= 4 is 17.5 Å². The van der Waals surface area contributed by atoms with Crippen molar-refractivity contribution in [3.8, 4) is 11.5 Å². The first kappa shape index (κ1) is 12.6. The second-order valence-electron chi connectivity index (χ2n) is 3.38. The van der Waals surface area contributed by atoms with Crippen LogP contribution in [-0.4, -0.2) is 30.0 Å². The Bertz CT molecular complexity index is 379. The van der Waals surface area contributed by atoms with Crippen molar-refractivity contribution in [1.29, 1.82) is 0 Å². The highest BCUT2D eigenvalue weighted by Gasteiger charge is 2.09. The third kappa shape index (κ3) is 3.31. The molecule has 88 valence electrons. The van der Waals surface area contributed by atoms with Gasteiger partial charge in [-0.2, -0.15) is 0 Å². The number of phenols is 1. The van der Waals surface area contributed by atoms with Gasteiger partial charge in [0.15, 0.2) is 11.5 Å². The lowest BCUT2D eigenvalue weighted by molar-refractivity contribution is 0.0953. The predicted octanol–water partition coefficient (Wildman–Crippen LogP) is 1.76. The van der Waals surface area contributed by atoms with Crippen LogP contribution in [0.25, 0.3) is 0 Å². The van der Waals surface area contributed by atoms with E-state index in [-0.39, 0.29) is 17.0 Å². The number of methoxy groups -OCH3 is 1. The van der Waals surface area contributed by atoms with E-state index in [0.29, 0.717) is 17.9 Å². The molecule has 16 heavy (non-hydrogen) atoms. The van der Waals surface area contributed by atoms with E-state index in [2.05, 4.69) is 5.32 Å². The molecule has 0 aliphatic heterocycles. The molecule has 2 N–H and O–H groups in total. The number of amides is 1. The molecule has 1 rings (SSSR count). The molecular weight excluding hydrogens is 230 g/mol. The van der Waals surface area contributed by atoms with Crippen LogP contribution in [0, 0.1) is 0 Å². The van der Waals surface area contributed by atoms with E-state index in [4.69, 9.17) is 16.3 Å². The number of hydrogen-bond donors (Lipinski definition) is 2. The molecule has 0 spiro atoms. The second-order valence-corrected chi connectivity index (χ2v) is 4.12. The quantitative estimate of drug-likeness (QED) is 0.793. The summed E-state index contributed by atoms with van der Waals surface area (Å²) in [5.74, 6) is 0.00165. The standard InChI is InChI=1S/C11H14ClNO3/c1-7(12)6-13-11(15)8-3-4-10(16-2)9(14)5-8/h3-5,7,14H,6H2,1-2H3,(H,13,15). The molecule has 1 amide bonds. The molecule has 4 nitrogen and oxygen atoms in total.